The van der Waals surface area contributed by atoms with Crippen LogP contribution in [0.1, 0.15) is 58.1 Å². The standard InChI is InChI=1S/C19H31NO3/c1-5-6-7-8-13-23-18(19(21)20-14-15(2)3)16-9-11-17(22-4)12-10-16/h9-12,15,18H,5-8,13-14H2,1-4H3,(H,20,21). The van der Waals surface area contributed by atoms with Gasteiger partial charge in [-0.3, -0.25) is 4.79 Å². The number of nitrogens with one attached hydrogen (secondary N) is 1. The molecule has 23 heavy (non-hydrogen) atoms. The quantitative estimate of drug-likeness (QED) is 0.624. The highest BCUT2D eigenvalue weighted by Crippen LogP contribution is 2.21. The van der Waals surface area contributed by atoms with Gasteiger partial charge in [0.15, 0.2) is 6.10 Å². The SMILES string of the molecule is CCCCCCOC(C(=O)NCC(C)C)c1ccc(OC)cc1. The summed E-state index contributed by atoms with van der Waals surface area (Å²) >= 11 is 0. The topological polar surface area (TPSA) is 47.6 Å². The first-order valence-corrected chi connectivity index (χ1v) is 8.61. The molecule has 0 spiro atoms. The fraction of sp³-hybridized carbons (Fsp3) is 0.632. The normalized spacial score (nSPS) is 12.2. The highest BCUT2D eigenvalue weighted by atomic mass is 16.5. The van der Waals surface area contributed by atoms with E-state index in [1.54, 1.807) is 7.11 Å². The molecule has 1 N–H and O–H groups in total. The molecule has 4 nitrogen and oxygen atoms in total. The van der Waals surface area contributed by atoms with E-state index in [-0.39, 0.29) is 5.91 Å². The molecule has 4 heteroatoms. The predicted molar refractivity (Wildman–Crippen MR) is 93.7 cm³/mol. The number of carbonyl (C=O) groups excluding carboxylic acids is 1. The molecule has 0 aliphatic carbocycles. The molecular formula is C19H31NO3. The maximum Gasteiger partial charge on any atom is 0.253 e. The molecule has 0 aliphatic rings. The van der Waals surface area contributed by atoms with Gasteiger partial charge in [-0.2, -0.15) is 0 Å². The Morgan fingerprint density at radius 3 is 2.39 bits per heavy atom. The largest absolute Gasteiger partial charge is 0.497 e. The van der Waals surface area contributed by atoms with Gasteiger partial charge < -0.3 is 14.8 Å². The van der Waals surface area contributed by atoms with Crippen LogP contribution < -0.4 is 10.1 Å². The Bertz CT molecular complexity index is 442. The summed E-state index contributed by atoms with van der Waals surface area (Å²) in [7, 11) is 1.63. The smallest absolute Gasteiger partial charge is 0.253 e. The number of rotatable bonds is 11. The van der Waals surface area contributed by atoms with E-state index in [1.807, 2.05) is 24.3 Å². The summed E-state index contributed by atoms with van der Waals surface area (Å²) in [5, 5.41) is 2.97. The van der Waals surface area contributed by atoms with Crippen molar-refractivity contribution in [3.8, 4) is 5.75 Å². The van der Waals surface area contributed by atoms with Crippen molar-refractivity contribution in [3.05, 3.63) is 29.8 Å². The van der Waals surface area contributed by atoms with Crippen molar-refractivity contribution in [3.63, 3.8) is 0 Å². The zero-order valence-electron chi connectivity index (χ0n) is 14.9. The fourth-order valence-electron chi connectivity index (χ4n) is 2.23. The van der Waals surface area contributed by atoms with Crippen molar-refractivity contribution < 1.29 is 14.3 Å². The van der Waals surface area contributed by atoms with Crippen molar-refractivity contribution in [1.29, 1.82) is 0 Å². The van der Waals surface area contributed by atoms with Gasteiger partial charge in [-0.1, -0.05) is 52.2 Å². The molecule has 1 amide bonds. The number of ether oxygens (including phenoxy) is 2. The number of hydrogen-bond acceptors (Lipinski definition) is 3. The maximum atomic E-state index is 12.5. The monoisotopic (exact) mass is 321 g/mol. The van der Waals surface area contributed by atoms with E-state index in [0.29, 0.717) is 19.1 Å². The van der Waals surface area contributed by atoms with Crippen molar-refractivity contribution in [2.75, 3.05) is 20.3 Å². The Morgan fingerprint density at radius 2 is 1.83 bits per heavy atom. The molecular weight excluding hydrogens is 290 g/mol. The average Bonchev–Trinajstić information content (AvgIpc) is 2.56. The molecule has 0 bridgehead atoms. The van der Waals surface area contributed by atoms with Gasteiger partial charge in [0.1, 0.15) is 5.75 Å². The van der Waals surface area contributed by atoms with E-state index < -0.39 is 6.10 Å². The van der Waals surface area contributed by atoms with Gasteiger partial charge in [-0.25, -0.2) is 0 Å². The lowest BCUT2D eigenvalue weighted by Gasteiger charge is -2.19. The number of carbonyl (C=O) groups is 1. The van der Waals surface area contributed by atoms with Crippen LogP contribution in [0.15, 0.2) is 24.3 Å². The van der Waals surface area contributed by atoms with Gasteiger partial charge >= 0.3 is 0 Å². The second-order valence-corrected chi connectivity index (χ2v) is 6.22. The molecule has 0 radical (unpaired) electrons. The molecule has 0 fully saturated rings. The molecule has 1 aromatic rings. The summed E-state index contributed by atoms with van der Waals surface area (Å²) < 4.78 is 11.1. The summed E-state index contributed by atoms with van der Waals surface area (Å²) in [4.78, 5) is 12.5. The zero-order valence-corrected chi connectivity index (χ0v) is 14.9. The van der Waals surface area contributed by atoms with Crippen LogP contribution in [-0.4, -0.2) is 26.2 Å². The Labute approximate surface area is 140 Å². The van der Waals surface area contributed by atoms with E-state index in [4.69, 9.17) is 9.47 Å². The minimum atomic E-state index is -0.554. The highest BCUT2D eigenvalue weighted by Gasteiger charge is 2.21. The molecule has 0 aliphatic heterocycles. The van der Waals surface area contributed by atoms with Gasteiger partial charge in [-0.05, 0) is 30.0 Å². The molecule has 0 saturated heterocycles. The first-order chi connectivity index (χ1) is 11.1. The van der Waals surface area contributed by atoms with Crippen molar-refractivity contribution in [2.24, 2.45) is 5.92 Å². The summed E-state index contributed by atoms with van der Waals surface area (Å²) in [6.45, 7) is 7.60. The minimum absolute atomic E-state index is 0.0700. The molecule has 0 heterocycles. The van der Waals surface area contributed by atoms with Crippen LogP contribution in [0.25, 0.3) is 0 Å². The second-order valence-electron chi connectivity index (χ2n) is 6.22. The Morgan fingerprint density at radius 1 is 1.13 bits per heavy atom. The second kappa shape index (κ2) is 11.1. The first-order valence-electron chi connectivity index (χ1n) is 8.61. The summed E-state index contributed by atoms with van der Waals surface area (Å²) in [5.74, 6) is 1.12. The minimum Gasteiger partial charge on any atom is -0.497 e. The van der Waals surface area contributed by atoms with Crippen LogP contribution >= 0.6 is 0 Å². The number of unbranched alkanes of at least 4 members (excludes halogenated alkanes) is 3. The van der Waals surface area contributed by atoms with Crippen molar-refractivity contribution >= 4 is 5.91 Å². The lowest BCUT2D eigenvalue weighted by molar-refractivity contribution is -0.133. The number of hydrogen-bond donors (Lipinski definition) is 1. The van der Waals surface area contributed by atoms with Crippen molar-refractivity contribution in [2.45, 2.75) is 52.6 Å². The third-order valence-corrected chi connectivity index (χ3v) is 3.62. The van der Waals surface area contributed by atoms with E-state index in [2.05, 4.69) is 26.1 Å². The third-order valence-electron chi connectivity index (χ3n) is 3.62. The summed E-state index contributed by atoms with van der Waals surface area (Å²) in [6, 6.07) is 7.51. The molecule has 130 valence electrons. The van der Waals surface area contributed by atoms with E-state index >= 15 is 0 Å². The van der Waals surface area contributed by atoms with Crippen molar-refractivity contribution in [1.82, 2.24) is 5.32 Å². The number of benzene rings is 1. The molecule has 1 rings (SSSR count). The lowest BCUT2D eigenvalue weighted by Crippen LogP contribution is -2.33. The first kappa shape index (κ1) is 19.5. The Balaban J connectivity index is 2.67. The Hall–Kier alpha value is -1.55. The molecule has 1 unspecified atom stereocenters. The number of amides is 1. The van der Waals surface area contributed by atoms with Gasteiger partial charge in [0, 0.05) is 13.2 Å². The molecule has 1 aromatic carbocycles. The van der Waals surface area contributed by atoms with Gasteiger partial charge in [-0.15, -0.1) is 0 Å². The molecule has 0 saturated carbocycles. The predicted octanol–water partition coefficient (Wildman–Crippen LogP) is 4.11. The van der Waals surface area contributed by atoms with Gasteiger partial charge in [0.05, 0.1) is 7.11 Å². The van der Waals surface area contributed by atoms with E-state index in [1.165, 1.54) is 12.8 Å². The number of methoxy groups -OCH3 is 1. The molecule has 1 atom stereocenters. The van der Waals surface area contributed by atoms with Crippen LogP contribution in [0.4, 0.5) is 0 Å². The average molecular weight is 321 g/mol. The maximum absolute atomic E-state index is 12.5. The summed E-state index contributed by atoms with van der Waals surface area (Å²) in [6.07, 6.45) is 3.96. The van der Waals surface area contributed by atoms with Gasteiger partial charge in [0.2, 0.25) is 0 Å². The Kier molecular flexibility index (Phi) is 9.37. The highest BCUT2D eigenvalue weighted by molar-refractivity contribution is 5.82. The molecule has 0 aromatic heterocycles. The van der Waals surface area contributed by atoms with E-state index in [0.717, 1.165) is 24.2 Å². The van der Waals surface area contributed by atoms with Crippen LogP contribution in [-0.2, 0) is 9.53 Å². The third kappa shape index (κ3) is 7.51. The van der Waals surface area contributed by atoms with Crippen LogP contribution in [0.2, 0.25) is 0 Å². The lowest BCUT2D eigenvalue weighted by atomic mass is 10.1. The van der Waals surface area contributed by atoms with Gasteiger partial charge in [0.25, 0.3) is 5.91 Å². The van der Waals surface area contributed by atoms with Crippen LogP contribution in [0.3, 0.4) is 0 Å². The fourth-order valence-corrected chi connectivity index (χ4v) is 2.23. The summed E-state index contributed by atoms with van der Waals surface area (Å²) in [5.41, 5.74) is 0.863. The van der Waals surface area contributed by atoms with Crippen LogP contribution in [0.5, 0.6) is 5.75 Å². The van der Waals surface area contributed by atoms with E-state index in [9.17, 15) is 4.79 Å². The van der Waals surface area contributed by atoms with Crippen LogP contribution in [0, 0.1) is 5.92 Å². The zero-order chi connectivity index (χ0) is 17.1.